The second-order valence-corrected chi connectivity index (χ2v) is 8.48. The quantitative estimate of drug-likeness (QED) is 0.325. The van der Waals surface area contributed by atoms with E-state index in [1.54, 1.807) is 0 Å². The molecule has 0 aliphatic rings. The van der Waals surface area contributed by atoms with Crippen LogP contribution in [0.25, 0.3) is 22.8 Å². The number of rotatable bonds is 8. The van der Waals surface area contributed by atoms with Crippen LogP contribution in [0, 0.1) is 0 Å². The highest BCUT2D eigenvalue weighted by molar-refractivity contribution is 5.57. The molecule has 2 unspecified atom stereocenters. The summed E-state index contributed by atoms with van der Waals surface area (Å²) in [7, 11) is 0. The summed E-state index contributed by atoms with van der Waals surface area (Å²) in [6, 6.07) is 21.0. The Morgan fingerprint density at radius 2 is 1.10 bits per heavy atom. The molecule has 0 amide bonds. The maximum Gasteiger partial charge on any atom is 0.0867 e. The van der Waals surface area contributed by atoms with Gasteiger partial charge in [0.15, 0.2) is 0 Å². The Labute approximate surface area is 185 Å². The first-order valence-electron chi connectivity index (χ1n) is 11.4. The molecule has 4 aromatic rings. The van der Waals surface area contributed by atoms with Gasteiger partial charge in [-0.3, -0.25) is 9.97 Å². The van der Waals surface area contributed by atoms with Crippen molar-refractivity contribution in [3.8, 4) is 22.8 Å². The van der Waals surface area contributed by atoms with Crippen LogP contribution in [0.2, 0.25) is 0 Å². The summed E-state index contributed by atoms with van der Waals surface area (Å²) < 4.78 is 0. The summed E-state index contributed by atoms with van der Waals surface area (Å²) in [5.74, 6) is 1.05. The molecular weight excluding hydrogens is 380 g/mol. The maximum atomic E-state index is 4.90. The molecule has 0 saturated carbocycles. The fourth-order valence-electron chi connectivity index (χ4n) is 3.78. The van der Waals surface area contributed by atoms with Crippen LogP contribution in [0.15, 0.2) is 60.7 Å². The van der Waals surface area contributed by atoms with E-state index >= 15 is 0 Å². The third kappa shape index (κ3) is 4.79. The van der Waals surface area contributed by atoms with Gasteiger partial charge in [0.05, 0.1) is 22.8 Å². The van der Waals surface area contributed by atoms with E-state index in [-0.39, 0.29) is 0 Å². The van der Waals surface area contributed by atoms with Crippen LogP contribution in [0.3, 0.4) is 0 Å². The van der Waals surface area contributed by atoms with Crippen LogP contribution < -0.4 is 0 Å². The smallest absolute Gasteiger partial charge is 0.0867 e. The number of aromatic nitrogens is 4. The lowest BCUT2D eigenvalue weighted by molar-refractivity contribution is 0.714. The number of aromatic amines is 2. The summed E-state index contributed by atoms with van der Waals surface area (Å²) in [4.78, 5) is 16.9. The zero-order valence-electron chi connectivity index (χ0n) is 18.9. The van der Waals surface area contributed by atoms with Gasteiger partial charge in [0.1, 0.15) is 0 Å². The molecule has 31 heavy (non-hydrogen) atoms. The second kappa shape index (κ2) is 9.34. The van der Waals surface area contributed by atoms with Crippen LogP contribution in [0.4, 0.5) is 0 Å². The molecule has 0 aliphatic carbocycles. The first kappa shape index (κ1) is 21.1. The molecule has 2 N–H and O–H groups in total. The minimum absolute atomic E-state index is 0.526. The van der Waals surface area contributed by atoms with E-state index in [0.717, 1.165) is 47.0 Å². The SMILES string of the molecule is CCC(C)c1ccc(-c2cccc(Cc3cccc(-c4ccc(C(C)CC)[nH]4)n3)n2)[nH]1. The Morgan fingerprint density at radius 3 is 1.52 bits per heavy atom. The highest BCUT2D eigenvalue weighted by Crippen LogP contribution is 2.25. The number of H-pyrrole nitrogens is 2. The largest absolute Gasteiger partial charge is 0.357 e. The van der Waals surface area contributed by atoms with E-state index in [0.29, 0.717) is 18.3 Å². The van der Waals surface area contributed by atoms with Crippen molar-refractivity contribution in [1.82, 2.24) is 19.9 Å². The molecule has 160 valence electrons. The van der Waals surface area contributed by atoms with Crippen LogP contribution in [-0.4, -0.2) is 19.9 Å². The molecule has 0 saturated heterocycles. The van der Waals surface area contributed by atoms with Gasteiger partial charge in [-0.25, -0.2) is 0 Å². The lowest BCUT2D eigenvalue weighted by Crippen LogP contribution is -1.98. The number of pyridine rings is 2. The van der Waals surface area contributed by atoms with Gasteiger partial charge in [0.25, 0.3) is 0 Å². The fourth-order valence-corrected chi connectivity index (χ4v) is 3.78. The fraction of sp³-hybridized carbons (Fsp3) is 0.333. The molecule has 0 bridgehead atoms. The van der Waals surface area contributed by atoms with Crippen LogP contribution in [-0.2, 0) is 6.42 Å². The average Bonchev–Trinajstić information content (AvgIpc) is 3.49. The first-order chi connectivity index (χ1) is 15.1. The van der Waals surface area contributed by atoms with E-state index in [1.807, 2.05) is 0 Å². The van der Waals surface area contributed by atoms with Crippen molar-refractivity contribution < 1.29 is 0 Å². The molecule has 0 radical (unpaired) electrons. The van der Waals surface area contributed by atoms with E-state index < -0.39 is 0 Å². The van der Waals surface area contributed by atoms with Crippen molar-refractivity contribution in [1.29, 1.82) is 0 Å². The molecule has 4 aromatic heterocycles. The molecule has 0 spiro atoms. The number of nitrogens with zero attached hydrogens (tertiary/aromatic N) is 2. The van der Waals surface area contributed by atoms with E-state index in [1.165, 1.54) is 11.4 Å². The Kier molecular flexibility index (Phi) is 6.36. The van der Waals surface area contributed by atoms with Crippen LogP contribution in [0.1, 0.15) is 75.1 Å². The normalized spacial score (nSPS) is 13.3. The predicted molar refractivity (Wildman–Crippen MR) is 128 cm³/mol. The lowest BCUT2D eigenvalue weighted by atomic mass is 10.1. The van der Waals surface area contributed by atoms with Crippen molar-refractivity contribution in [2.75, 3.05) is 0 Å². The van der Waals surface area contributed by atoms with Crippen molar-refractivity contribution in [2.24, 2.45) is 0 Å². The summed E-state index contributed by atoms with van der Waals surface area (Å²) in [6.45, 7) is 8.91. The Morgan fingerprint density at radius 1 is 0.645 bits per heavy atom. The Hall–Kier alpha value is -3.14. The summed E-state index contributed by atoms with van der Waals surface area (Å²) in [6.07, 6.45) is 2.95. The molecule has 4 heteroatoms. The molecule has 0 aliphatic heterocycles. The van der Waals surface area contributed by atoms with E-state index in [9.17, 15) is 0 Å². The zero-order valence-corrected chi connectivity index (χ0v) is 18.9. The monoisotopic (exact) mass is 412 g/mol. The summed E-state index contributed by atoms with van der Waals surface area (Å²) in [5, 5.41) is 0. The number of hydrogen-bond donors (Lipinski definition) is 2. The molecule has 0 fully saturated rings. The average molecular weight is 413 g/mol. The topological polar surface area (TPSA) is 57.4 Å². The predicted octanol–water partition coefficient (Wildman–Crippen LogP) is 7.08. The summed E-state index contributed by atoms with van der Waals surface area (Å²) >= 11 is 0. The molecule has 4 rings (SSSR count). The zero-order chi connectivity index (χ0) is 21.8. The van der Waals surface area contributed by atoms with Gasteiger partial charge in [-0.05, 0) is 73.2 Å². The maximum absolute atomic E-state index is 4.90. The van der Waals surface area contributed by atoms with E-state index in [2.05, 4.69) is 98.3 Å². The van der Waals surface area contributed by atoms with Gasteiger partial charge in [-0.1, -0.05) is 39.8 Å². The molecule has 4 heterocycles. The summed E-state index contributed by atoms with van der Waals surface area (Å²) in [5.41, 5.74) is 8.67. The number of hydrogen-bond acceptors (Lipinski definition) is 2. The first-order valence-corrected chi connectivity index (χ1v) is 11.4. The van der Waals surface area contributed by atoms with Gasteiger partial charge < -0.3 is 9.97 Å². The van der Waals surface area contributed by atoms with Crippen molar-refractivity contribution in [2.45, 2.75) is 58.8 Å². The molecule has 4 nitrogen and oxygen atoms in total. The molecule has 0 aromatic carbocycles. The van der Waals surface area contributed by atoms with Crippen LogP contribution >= 0.6 is 0 Å². The number of nitrogens with one attached hydrogen (secondary N) is 2. The van der Waals surface area contributed by atoms with Crippen molar-refractivity contribution in [3.05, 3.63) is 83.4 Å². The third-order valence-electron chi connectivity index (χ3n) is 6.23. The molecular formula is C27H32N4. The third-order valence-corrected chi connectivity index (χ3v) is 6.23. The standard InChI is InChI=1S/C27H32N4/c1-5-18(3)22-13-15-26(30-22)24-11-7-9-20(28-24)17-21-10-8-12-25(29-21)27-16-14-23(31-27)19(4)6-2/h7-16,18-19,30-31H,5-6,17H2,1-4H3. The lowest BCUT2D eigenvalue weighted by Gasteiger charge is -2.07. The van der Waals surface area contributed by atoms with Crippen molar-refractivity contribution in [3.63, 3.8) is 0 Å². The van der Waals surface area contributed by atoms with E-state index in [4.69, 9.17) is 9.97 Å². The Bertz CT molecular complexity index is 1050. The molecule has 2 atom stereocenters. The van der Waals surface area contributed by atoms with Crippen molar-refractivity contribution >= 4 is 0 Å². The highest BCUT2D eigenvalue weighted by atomic mass is 14.8. The van der Waals surface area contributed by atoms with Gasteiger partial charge >= 0.3 is 0 Å². The highest BCUT2D eigenvalue weighted by Gasteiger charge is 2.11. The van der Waals surface area contributed by atoms with Gasteiger partial charge in [-0.2, -0.15) is 0 Å². The van der Waals surface area contributed by atoms with Gasteiger partial charge in [0.2, 0.25) is 0 Å². The minimum Gasteiger partial charge on any atom is -0.357 e. The second-order valence-electron chi connectivity index (χ2n) is 8.48. The van der Waals surface area contributed by atoms with Gasteiger partial charge in [0, 0.05) is 29.2 Å². The van der Waals surface area contributed by atoms with Crippen LogP contribution in [0.5, 0.6) is 0 Å². The Balaban J connectivity index is 1.54. The van der Waals surface area contributed by atoms with Gasteiger partial charge in [-0.15, -0.1) is 0 Å². The minimum atomic E-state index is 0.526.